The summed E-state index contributed by atoms with van der Waals surface area (Å²) in [7, 11) is 0. The minimum Gasteiger partial charge on any atom is -0.339 e. The third-order valence-electron chi connectivity index (χ3n) is 3.16. The van der Waals surface area contributed by atoms with E-state index in [1.165, 1.54) is 0 Å². The van der Waals surface area contributed by atoms with Gasteiger partial charge in [0.05, 0.1) is 5.41 Å². The summed E-state index contributed by atoms with van der Waals surface area (Å²) in [5, 5.41) is 3.80. The van der Waals surface area contributed by atoms with Crippen LogP contribution in [0.4, 0.5) is 0 Å². The molecule has 1 unspecified atom stereocenters. The van der Waals surface area contributed by atoms with Gasteiger partial charge in [-0.25, -0.2) is 0 Å². The van der Waals surface area contributed by atoms with Gasteiger partial charge in [-0.3, -0.25) is 0 Å². The fourth-order valence-corrected chi connectivity index (χ4v) is 1.73. The molecule has 12 heavy (non-hydrogen) atoms. The Balaban J connectivity index is 2.34. The van der Waals surface area contributed by atoms with Crippen molar-refractivity contribution in [1.82, 2.24) is 10.1 Å². The Morgan fingerprint density at radius 3 is 2.25 bits per heavy atom. The molecule has 1 heterocycles. The lowest BCUT2D eigenvalue weighted by Gasteiger charge is -2.07. The quantitative estimate of drug-likeness (QED) is 0.641. The maximum atomic E-state index is 5.17. The van der Waals surface area contributed by atoms with Gasteiger partial charge >= 0.3 is 0 Å². The number of aromatic nitrogens is 2. The number of hydrogen-bond acceptors (Lipinski definition) is 3. The summed E-state index contributed by atoms with van der Waals surface area (Å²) in [5.74, 6) is 1.53. The average Bonchev–Trinajstić information content (AvgIpc) is 2.37. The van der Waals surface area contributed by atoms with Gasteiger partial charge in [-0.05, 0) is 18.8 Å². The zero-order chi connectivity index (χ0) is 8.98. The molecule has 1 aromatic rings. The van der Waals surface area contributed by atoms with Gasteiger partial charge in [0.15, 0.2) is 5.82 Å². The summed E-state index contributed by atoms with van der Waals surface area (Å²) >= 11 is 0. The van der Waals surface area contributed by atoms with E-state index in [4.69, 9.17) is 4.52 Å². The molecule has 2 rings (SSSR count). The second-order valence-corrected chi connectivity index (χ2v) is 4.54. The second kappa shape index (κ2) is 1.90. The van der Waals surface area contributed by atoms with Gasteiger partial charge in [0, 0.05) is 0 Å². The van der Waals surface area contributed by atoms with E-state index in [1.54, 1.807) is 0 Å². The average molecular weight is 166 g/mol. The van der Waals surface area contributed by atoms with Crippen LogP contribution in [-0.4, -0.2) is 10.1 Å². The molecule has 0 bridgehead atoms. The lowest BCUT2D eigenvalue weighted by atomic mass is 9.98. The van der Waals surface area contributed by atoms with Crippen LogP contribution in [0.1, 0.15) is 38.9 Å². The van der Waals surface area contributed by atoms with Crippen molar-refractivity contribution >= 4 is 0 Å². The third kappa shape index (κ3) is 0.822. The summed E-state index contributed by atoms with van der Waals surface area (Å²) in [4.78, 5) is 4.26. The van der Waals surface area contributed by atoms with Crippen LogP contribution in [0, 0.1) is 12.3 Å². The molecule has 3 heteroatoms. The van der Waals surface area contributed by atoms with Crippen molar-refractivity contribution < 1.29 is 4.52 Å². The summed E-state index contributed by atoms with van der Waals surface area (Å²) < 4.78 is 5.17. The highest BCUT2D eigenvalue weighted by molar-refractivity contribution is 5.23. The first-order valence-electron chi connectivity index (χ1n) is 4.26. The fourth-order valence-electron chi connectivity index (χ4n) is 1.73. The van der Waals surface area contributed by atoms with Crippen molar-refractivity contribution in [2.24, 2.45) is 5.41 Å². The maximum Gasteiger partial charge on any atom is 0.233 e. The molecule has 0 N–H and O–H groups in total. The first-order chi connectivity index (χ1) is 5.46. The normalized spacial score (nSPS) is 32.0. The van der Waals surface area contributed by atoms with Crippen LogP contribution in [-0.2, 0) is 5.41 Å². The van der Waals surface area contributed by atoms with Gasteiger partial charge in [-0.1, -0.05) is 25.9 Å². The molecule has 1 aliphatic rings. The predicted molar refractivity (Wildman–Crippen MR) is 44.8 cm³/mol. The van der Waals surface area contributed by atoms with Crippen molar-refractivity contribution in [2.45, 2.75) is 39.5 Å². The van der Waals surface area contributed by atoms with Crippen molar-refractivity contribution in [1.29, 1.82) is 0 Å². The zero-order valence-corrected chi connectivity index (χ0v) is 8.01. The first-order valence-corrected chi connectivity index (χ1v) is 4.26. The van der Waals surface area contributed by atoms with Crippen LogP contribution in [0.5, 0.6) is 0 Å². The van der Waals surface area contributed by atoms with Crippen LogP contribution < -0.4 is 0 Å². The van der Waals surface area contributed by atoms with Gasteiger partial charge in [0.1, 0.15) is 0 Å². The molecule has 0 saturated heterocycles. The van der Waals surface area contributed by atoms with E-state index in [0.29, 0.717) is 5.41 Å². The van der Waals surface area contributed by atoms with Crippen LogP contribution >= 0.6 is 0 Å². The van der Waals surface area contributed by atoms with E-state index in [1.807, 2.05) is 6.92 Å². The predicted octanol–water partition coefficient (Wildman–Crippen LogP) is 2.07. The lowest BCUT2D eigenvalue weighted by Crippen LogP contribution is -2.09. The van der Waals surface area contributed by atoms with Gasteiger partial charge in [0.25, 0.3) is 0 Å². The Labute approximate surface area is 72.2 Å². The summed E-state index contributed by atoms with van der Waals surface area (Å²) in [5.41, 5.74) is 0.445. The summed E-state index contributed by atoms with van der Waals surface area (Å²) in [6.45, 7) is 8.49. The lowest BCUT2D eigenvalue weighted by molar-refractivity contribution is 0.327. The topological polar surface area (TPSA) is 38.9 Å². The van der Waals surface area contributed by atoms with Crippen LogP contribution in [0.15, 0.2) is 4.52 Å². The molecular weight excluding hydrogens is 152 g/mol. The molecule has 1 aromatic heterocycles. The molecule has 0 aliphatic heterocycles. The highest BCUT2D eigenvalue weighted by Crippen LogP contribution is 2.63. The van der Waals surface area contributed by atoms with Gasteiger partial charge in [-0.15, -0.1) is 0 Å². The number of nitrogens with zero attached hydrogens (tertiary/aromatic N) is 2. The van der Waals surface area contributed by atoms with Crippen molar-refractivity contribution in [3.8, 4) is 0 Å². The van der Waals surface area contributed by atoms with Crippen molar-refractivity contribution in [3.05, 3.63) is 11.7 Å². The SMILES string of the molecule is Cc1noc(C2(C)CC2(C)C)n1. The molecule has 1 atom stereocenters. The third-order valence-corrected chi connectivity index (χ3v) is 3.16. The second-order valence-electron chi connectivity index (χ2n) is 4.54. The summed E-state index contributed by atoms with van der Waals surface area (Å²) in [6, 6.07) is 0. The van der Waals surface area contributed by atoms with Crippen molar-refractivity contribution in [2.75, 3.05) is 0 Å². The molecule has 0 spiro atoms. The van der Waals surface area contributed by atoms with Crippen molar-refractivity contribution in [3.63, 3.8) is 0 Å². The minimum atomic E-state index is 0.119. The summed E-state index contributed by atoms with van der Waals surface area (Å²) in [6.07, 6.45) is 1.14. The number of rotatable bonds is 1. The van der Waals surface area contributed by atoms with Crippen LogP contribution in [0.25, 0.3) is 0 Å². The number of hydrogen-bond donors (Lipinski definition) is 0. The van der Waals surface area contributed by atoms with E-state index in [2.05, 4.69) is 30.9 Å². The van der Waals surface area contributed by atoms with E-state index in [9.17, 15) is 0 Å². The molecule has 1 aliphatic carbocycles. The Morgan fingerprint density at radius 2 is 1.92 bits per heavy atom. The maximum absolute atomic E-state index is 5.17. The largest absolute Gasteiger partial charge is 0.339 e. The van der Waals surface area contributed by atoms with E-state index in [0.717, 1.165) is 18.1 Å². The molecule has 66 valence electrons. The molecule has 1 saturated carbocycles. The Bertz CT molecular complexity index is 316. The van der Waals surface area contributed by atoms with Gasteiger partial charge in [-0.2, -0.15) is 4.98 Å². The molecule has 1 fully saturated rings. The van der Waals surface area contributed by atoms with Gasteiger partial charge in [0.2, 0.25) is 5.89 Å². The first kappa shape index (κ1) is 7.77. The zero-order valence-electron chi connectivity index (χ0n) is 8.01. The fraction of sp³-hybridized carbons (Fsp3) is 0.778. The Morgan fingerprint density at radius 1 is 1.33 bits per heavy atom. The Kier molecular flexibility index (Phi) is 1.23. The van der Waals surface area contributed by atoms with Gasteiger partial charge < -0.3 is 4.52 Å². The molecule has 0 aromatic carbocycles. The minimum absolute atomic E-state index is 0.119. The molecular formula is C9H14N2O. The van der Waals surface area contributed by atoms with Crippen LogP contribution in [0.3, 0.4) is 0 Å². The smallest absolute Gasteiger partial charge is 0.233 e. The molecule has 0 amide bonds. The Hall–Kier alpha value is -0.860. The molecule has 0 radical (unpaired) electrons. The highest BCUT2D eigenvalue weighted by Gasteiger charge is 2.62. The monoisotopic (exact) mass is 166 g/mol. The van der Waals surface area contributed by atoms with Crippen LogP contribution in [0.2, 0.25) is 0 Å². The van der Waals surface area contributed by atoms with E-state index < -0.39 is 0 Å². The molecule has 3 nitrogen and oxygen atoms in total. The highest BCUT2D eigenvalue weighted by atomic mass is 16.5. The standard InChI is InChI=1S/C9H14N2O/c1-6-10-7(12-11-6)9(4)5-8(9,2)3/h5H2,1-4H3. The van der Waals surface area contributed by atoms with E-state index >= 15 is 0 Å². The number of aryl methyl sites for hydroxylation is 1. The van der Waals surface area contributed by atoms with E-state index in [-0.39, 0.29) is 5.41 Å².